The maximum atomic E-state index is 12.9. The first kappa shape index (κ1) is 26.3. The maximum absolute atomic E-state index is 12.9. The van der Waals surface area contributed by atoms with E-state index >= 15 is 0 Å². The van der Waals surface area contributed by atoms with Gasteiger partial charge in [-0.2, -0.15) is 0 Å². The summed E-state index contributed by atoms with van der Waals surface area (Å²) in [5, 5.41) is 10.6. The van der Waals surface area contributed by atoms with Crippen molar-refractivity contribution in [2.45, 2.75) is 4.90 Å². The highest BCUT2D eigenvalue weighted by molar-refractivity contribution is 8.00. The first-order valence-corrected chi connectivity index (χ1v) is 13.9. The van der Waals surface area contributed by atoms with E-state index in [0.29, 0.717) is 27.9 Å². The molecule has 5 aromatic rings. The summed E-state index contributed by atoms with van der Waals surface area (Å²) in [5.74, 6) is 0.606. The molecule has 0 spiro atoms. The number of nitrogens with zero attached hydrogens (tertiary/aromatic N) is 1. The summed E-state index contributed by atoms with van der Waals surface area (Å²) in [6, 6.07) is 26.9. The summed E-state index contributed by atoms with van der Waals surface area (Å²) in [7, 11) is 3.01. The quantitative estimate of drug-likeness (QED) is 0.191. The molecule has 2 amide bonds. The zero-order chi connectivity index (χ0) is 27.2. The van der Waals surface area contributed by atoms with E-state index in [9.17, 15) is 9.59 Å². The van der Waals surface area contributed by atoms with Gasteiger partial charge >= 0.3 is 0 Å². The predicted molar refractivity (Wildman–Crippen MR) is 158 cm³/mol. The largest absolute Gasteiger partial charge is 0.496 e. The van der Waals surface area contributed by atoms with Gasteiger partial charge in [0.05, 0.1) is 25.7 Å². The van der Waals surface area contributed by atoms with Gasteiger partial charge in [-0.15, -0.1) is 23.1 Å². The molecule has 0 saturated carbocycles. The minimum Gasteiger partial charge on any atom is -0.496 e. The van der Waals surface area contributed by atoms with E-state index in [1.807, 2.05) is 35.7 Å². The average molecular weight is 556 g/mol. The third kappa shape index (κ3) is 6.22. The Labute approximate surface area is 234 Å². The second kappa shape index (κ2) is 12.0. The van der Waals surface area contributed by atoms with E-state index < -0.39 is 0 Å². The van der Waals surface area contributed by atoms with Gasteiger partial charge in [0.2, 0.25) is 5.91 Å². The van der Waals surface area contributed by atoms with Crippen molar-refractivity contribution in [2.75, 3.05) is 30.6 Å². The van der Waals surface area contributed by atoms with Crippen molar-refractivity contribution in [3.8, 4) is 22.8 Å². The molecule has 5 rings (SSSR count). The van der Waals surface area contributed by atoms with Gasteiger partial charge in [-0.1, -0.05) is 42.5 Å². The van der Waals surface area contributed by atoms with Gasteiger partial charge in [0.1, 0.15) is 17.1 Å². The normalized spacial score (nSPS) is 10.7. The molecular weight excluding hydrogens is 530 g/mol. The standard InChI is InChI=1S/C30H25N3O4S2/c1-36-25-8-5-9-26(37-2)28(25)29(35)31-22-12-14-23(15-13-22)38-18-27(34)33-30-32-24(17-39-30)21-11-10-19-6-3-4-7-20(19)16-21/h3-17H,18H2,1-2H3,(H,31,35)(H,32,33,34). The summed E-state index contributed by atoms with van der Waals surface area (Å²) < 4.78 is 10.6. The number of amides is 2. The van der Waals surface area contributed by atoms with Crippen LogP contribution in [0.15, 0.2) is 95.2 Å². The summed E-state index contributed by atoms with van der Waals surface area (Å²) in [6.45, 7) is 0. The van der Waals surface area contributed by atoms with Crippen molar-refractivity contribution >= 4 is 56.5 Å². The molecule has 0 radical (unpaired) electrons. The molecule has 1 heterocycles. The van der Waals surface area contributed by atoms with Crippen molar-refractivity contribution in [1.29, 1.82) is 0 Å². The fourth-order valence-corrected chi connectivity index (χ4v) is 5.45. The molecule has 0 aliphatic carbocycles. The lowest BCUT2D eigenvalue weighted by Gasteiger charge is -2.13. The zero-order valence-corrected chi connectivity index (χ0v) is 22.9. The van der Waals surface area contributed by atoms with Crippen molar-refractivity contribution in [3.05, 3.63) is 95.9 Å². The molecule has 0 aliphatic heterocycles. The van der Waals surface area contributed by atoms with Crippen LogP contribution in [0.5, 0.6) is 11.5 Å². The number of benzene rings is 4. The molecular formula is C30H25N3O4S2. The van der Waals surface area contributed by atoms with Crippen LogP contribution in [0.1, 0.15) is 10.4 Å². The van der Waals surface area contributed by atoms with Gasteiger partial charge in [0.25, 0.3) is 5.91 Å². The summed E-state index contributed by atoms with van der Waals surface area (Å²) in [6.07, 6.45) is 0. The number of thioether (sulfide) groups is 1. The smallest absolute Gasteiger partial charge is 0.263 e. The molecule has 1 aromatic heterocycles. The number of hydrogen-bond donors (Lipinski definition) is 2. The van der Waals surface area contributed by atoms with E-state index in [1.165, 1.54) is 42.7 Å². The maximum Gasteiger partial charge on any atom is 0.263 e. The number of nitrogens with one attached hydrogen (secondary N) is 2. The number of anilines is 2. The van der Waals surface area contributed by atoms with Crippen LogP contribution in [-0.2, 0) is 4.79 Å². The van der Waals surface area contributed by atoms with Crippen LogP contribution in [-0.4, -0.2) is 36.8 Å². The van der Waals surface area contributed by atoms with E-state index in [2.05, 4.69) is 39.9 Å². The second-order valence-corrected chi connectivity index (χ2v) is 10.4. The Balaban J connectivity index is 1.15. The van der Waals surface area contributed by atoms with Gasteiger partial charge in [-0.3, -0.25) is 9.59 Å². The minimum absolute atomic E-state index is 0.139. The number of ether oxygens (including phenoxy) is 2. The van der Waals surface area contributed by atoms with Crippen molar-refractivity contribution in [1.82, 2.24) is 4.98 Å². The van der Waals surface area contributed by atoms with Gasteiger partial charge in [0, 0.05) is 21.5 Å². The Hall–Kier alpha value is -4.34. The fraction of sp³-hybridized carbons (Fsp3) is 0.100. The number of carbonyl (C=O) groups is 2. The third-order valence-electron chi connectivity index (χ3n) is 5.93. The Morgan fingerprint density at radius 3 is 2.28 bits per heavy atom. The van der Waals surface area contributed by atoms with E-state index in [1.54, 1.807) is 30.3 Å². The van der Waals surface area contributed by atoms with Gasteiger partial charge < -0.3 is 20.1 Å². The van der Waals surface area contributed by atoms with Crippen LogP contribution in [0.25, 0.3) is 22.0 Å². The highest BCUT2D eigenvalue weighted by Gasteiger charge is 2.18. The molecule has 9 heteroatoms. The Morgan fingerprint density at radius 1 is 0.846 bits per heavy atom. The van der Waals surface area contributed by atoms with Crippen LogP contribution in [0.2, 0.25) is 0 Å². The number of aromatic nitrogens is 1. The van der Waals surface area contributed by atoms with Gasteiger partial charge in [-0.05, 0) is 53.2 Å². The Morgan fingerprint density at radius 2 is 1.56 bits per heavy atom. The average Bonchev–Trinajstić information content (AvgIpc) is 3.44. The number of hydrogen-bond acceptors (Lipinski definition) is 7. The predicted octanol–water partition coefficient (Wildman–Crippen LogP) is 6.96. The Kier molecular flexibility index (Phi) is 8.10. The molecule has 196 valence electrons. The van der Waals surface area contributed by atoms with Crippen molar-refractivity contribution in [2.24, 2.45) is 0 Å². The Bertz CT molecular complexity index is 1610. The molecule has 0 unspecified atom stereocenters. The first-order valence-electron chi connectivity index (χ1n) is 12.0. The molecule has 39 heavy (non-hydrogen) atoms. The number of methoxy groups -OCH3 is 2. The molecule has 0 fully saturated rings. The number of rotatable bonds is 9. The minimum atomic E-state index is -0.337. The third-order valence-corrected chi connectivity index (χ3v) is 7.70. The lowest BCUT2D eigenvalue weighted by Crippen LogP contribution is -2.14. The molecule has 2 N–H and O–H groups in total. The van der Waals surface area contributed by atoms with Crippen LogP contribution in [0.3, 0.4) is 0 Å². The van der Waals surface area contributed by atoms with Crippen molar-refractivity contribution < 1.29 is 19.1 Å². The molecule has 7 nitrogen and oxygen atoms in total. The molecule has 0 bridgehead atoms. The van der Waals surface area contributed by atoms with E-state index in [4.69, 9.17) is 9.47 Å². The van der Waals surface area contributed by atoms with Crippen LogP contribution >= 0.6 is 23.1 Å². The topological polar surface area (TPSA) is 89.5 Å². The van der Waals surface area contributed by atoms with Crippen molar-refractivity contribution in [3.63, 3.8) is 0 Å². The highest BCUT2D eigenvalue weighted by Crippen LogP contribution is 2.30. The number of carbonyl (C=O) groups excluding carboxylic acids is 2. The van der Waals surface area contributed by atoms with E-state index in [-0.39, 0.29) is 17.6 Å². The molecule has 0 aliphatic rings. The van der Waals surface area contributed by atoms with Gasteiger partial charge in [0.15, 0.2) is 5.13 Å². The lowest BCUT2D eigenvalue weighted by atomic mass is 10.1. The molecule has 4 aromatic carbocycles. The summed E-state index contributed by atoms with van der Waals surface area (Å²) >= 11 is 2.80. The van der Waals surface area contributed by atoms with Crippen LogP contribution in [0.4, 0.5) is 10.8 Å². The fourth-order valence-electron chi connectivity index (χ4n) is 4.02. The monoisotopic (exact) mass is 555 g/mol. The van der Waals surface area contributed by atoms with Crippen LogP contribution < -0.4 is 20.1 Å². The summed E-state index contributed by atoms with van der Waals surface area (Å²) in [5.41, 5.74) is 2.78. The SMILES string of the molecule is COc1cccc(OC)c1C(=O)Nc1ccc(SCC(=O)Nc2nc(-c3ccc4ccccc4c3)cs2)cc1. The molecule has 0 saturated heterocycles. The van der Waals surface area contributed by atoms with Crippen LogP contribution in [0, 0.1) is 0 Å². The second-order valence-electron chi connectivity index (χ2n) is 8.45. The lowest BCUT2D eigenvalue weighted by molar-refractivity contribution is -0.113. The van der Waals surface area contributed by atoms with Gasteiger partial charge in [-0.25, -0.2) is 4.98 Å². The first-order chi connectivity index (χ1) is 19.0. The number of thiazole rings is 1. The highest BCUT2D eigenvalue weighted by atomic mass is 32.2. The summed E-state index contributed by atoms with van der Waals surface area (Å²) in [4.78, 5) is 30.9. The van der Waals surface area contributed by atoms with E-state index in [0.717, 1.165) is 21.5 Å². The zero-order valence-electron chi connectivity index (χ0n) is 21.3. The number of fused-ring (bicyclic) bond motifs is 1. The molecule has 0 atom stereocenters.